The number of thiazole rings is 1. The Labute approximate surface area is 151 Å². The molecule has 0 bridgehead atoms. The summed E-state index contributed by atoms with van der Waals surface area (Å²) in [6, 6.07) is 5.72. The Bertz CT molecular complexity index is 731. The second-order valence-electron chi connectivity index (χ2n) is 6.44. The first kappa shape index (κ1) is 17.2. The molecule has 1 aliphatic heterocycles. The summed E-state index contributed by atoms with van der Waals surface area (Å²) in [7, 11) is 0. The lowest BCUT2D eigenvalue weighted by molar-refractivity contribution is -0.115. The van der Waals surface area contributed by atoms with Crippen LogP contribution < -0.4 is 10.2 Å². The maximum absolute atomic E-state index is 12.4. The van der Waals surface area contributed by atoms with Crippen LogP contribution in [0.4, 0.5) is 11.4 Å². The SMILES string of the molecule is Cc1nc(CC(=O)Nc2cc(Cl)ccc2N2CCCC(C)C2)cs1. The minimum absolute atomic E-state index is 0.0612. The highest BCUT2D eigenvalue weighted by Gasteiger charge is 2.20. The van der Waals surface area contributed by atoms with Gasteiger partial charge in [0.15, 0.2) is 0 Å². The highest BCUT2D eigenvalue weighted by atomic mass is 35.5. The number of carbonyl (C=O) groups excluding carboxylic acids is 1. The Morgan fingerprint density at radius 2 is 2.33 bits per heavy atom. The van der Waals surface area contributed by atoms with Gasteiger partial charge in [-0.05, 0) is 43.9 Å². The zero-order chi connectivity index (χ0) is 17.1. The summed E-state index contributed by atoms with van der Waals surface area (Å²) in [6.07, 6.45) is 2.72. The van der Waals surface area contributed by atoms with Crippen LogP contribution in [0.5, 0.6) is 0 Å². The van der Waals surface area contributed by atoms with E-state index in [0.29, 0.717) is 10.9 Å². The number of benzene rings is 1. The number of aromatic nitrogens is 1. The number of nitrogens with one attached hydrogen (secondary N) is 1. The minimum atomic E-state index is -0.0612. The molecule has 3 rings (SSSR count). The average Bonchev–Trinajstić information content (AvgIpc) is 2.92. The van der Waals surface area contributed by atoms with Crippen LogP contribution in [0.1, 0.15) is 30.5 Å². The molecule has 0 spiro atoms. The van der Waals surface area contributed by atoms with E-state index in [1.807, 2.05) is 30.5 Å². The van der Waals surface area contributed by atoms with Crippen LogP contribution in [-0.4, -0.2) is 24.0 Å². The fourth-order valence-electron chi connectivity index (χ4n) is 3.14. The zero-order valence-electron chi connectivity index (χ0n) is 14.0. The fourth-order valence-corrected chi connectivity index (χ4v) is 3.93. The van der Waals surface area contributed by atoms with Crippen LogP contribution >= 0.6 is 22.9 Å². The van der Waals surface area contributed by atoms with E-state index in [1.54, 1.807) is 11.3 Å². The van der Waals surface area contributed by atoms with E-state index in [1.165, 1.54) is 12.8 Å². The Morgan fingerprint density at radius 3 is 3.04 bits per heavy atom. The molecule has 1 amide bonds. The number of nitrogens with zero attached hydrogens (tertiary/aromatic N) is 2. The summed E-state index contributed by atoms with van der Waals surface area (Å²) in [6.45, 7) is 6.24. The third-order valence-corrected chi connectivity index (χ3v) is 5.30. The van der Waals surface area contributed by atoms with Crippen LogP contribution in [-0.2, 0) is 11.2 Å². The second kappa shape index (κ2) is 7.53. The van der Waals surface area contributed by atoms with E-state index in [-0.39, 0.29) is 12.3 Å². The number of amides is 1. The number of carbonyl (C=O) groups is 1. The lowest BCUT2D eigenvalue weighted by Gasteiger charge is -2.34. The molecule has 1 fully saturated rings. The molecule has 2 heterocycles. The van der Waals surface area contributed by atoms with Gasteiger partial charge in [0, 0.05) is 23.5 Å². The molecule has 128 valence electrons. The summed E-state index contributed by atoms with van der Waals surface area (Å²) in [5.74, 6) is 0.602. The maximum Gasteiger partial charge on any atom is 0.230 e. The first-order valence-corrected chi connectivity index (χ1v) is 9.52. The molecule has 0 radical (unpaired) electrons. The summed E-state index contributed by atoms with van der Waals surface area (Å²) >= 11 is 7.71. The van der Waals surface area contributed by atoms with Gasteiger partial charge in [0.25, 0.3) is 0 Å². The number of piperidine rings is 1. The number of hydrogen-bond acceptors (Lipinski definition) is 4. The maximum atomic E-state index is 12.4. The van der Waals surface area contributed by atoms with Gasteiger partial charge in [-0.15, -0.1) is 11.3 Å². The Balaban J connectivity index is 1.76. The molecule has 6 heteroatoms. The van der Waals surface area contributed by atoms with Gasteiger partial charge >= 0.3 is 0 Å². The Hall–Kier alpha value is -1.59. The third kappa shape index (κ3) is 4.28. The van der Waals surface area contributed by atoms with Crippen LogP contribution in [0.15, 0.2) is 23.6 Å². The molecule has 1 aromatic heterocycles. The quantitative estimate of drug-likeness (QED) is 0.868. The van der Waals surface area contributed by atoms with E-state index in [2.05, 4.69) is 22.1 Å². The highest BCUT2D eigenvalue weighted by Crippen LogP contribution is 2.32. The molecule has 24 heavy (non-hydrogen) atoms. The first-order chi connectivity index (χ1) is 11.5. The number of rotatable bonds is 4. The van der Waals surface area contributed by atoms with Crippen molar-refractivity contribution >= 4 is 40.2 Å². The molecule has 0 saturated carbocycles. The van der Waals surface area contributed by atoms with E-state index < -0.39 is 0 Å². The van der Waals surface area contributed by atoms with Gasteiger partial charge in [0.2, 0.25) is 5.91 Å². The van der Waals surface area contributed by atoms with Gasteiger partial charge in [-0.2, -0.15) is 0 Å². The van der Waals surface area contributed by atoms with Crippen LogP contribution in [0.2, 0.25) is 5.02 Å². The standard InChI is InChI=1S/C18H22ClN3OS/c1-12-4-3-7-22(10-12)17-6-5-14(19)8-16(17)21-18(23)9-15-11-24-13(2)20-15/h5-6,8,11-12H,3-4,7,9-10H2,1-2H3,(H,21,23). The molecular weight excluding hydrogens is 342 g/mol. The normalized spacial score (nSPS) is 17.8. The molecule has 2 aromatic rings. The first-order valence-electron chi connectivity index (χ1n) is 8.26. The van der Waals surface area contributed by atoms with Crippen molar-refractivity contribution in [1.82, 2.24) is 4.98 Å². The predicted octanol–water partition coefficient (Wildman–Crippen LogP) is 4.52. The van der Waals surface area contributed by atoms with Crippen molar-refractivity contribution in [2.24, 2.45) is 5.92 Å². The van der Waals surface area contributed by atoms with Gasteiger partial charge in [-0.3, -0.25) is 4.79 Å². The van der Waals surface area contributed by atoms with Gasteiger partial charge in [0.1, 0.15) is 0 Å². The van der Waals surface area contributed by atoms with E-state index in [0.717, 1.165) is 35.2 Å². The van der Waals surface area contributed by atoms with Crippen molar-refractivity contribution in [2.75, 3.05) is 23.3 Å². The predicted molar refractivity (Wildman–Crippen MR) is 101 cm³/mol. The van der Waals surface area contributed by atoms with Gasteiger partial charge in [-0.25, -0.2) is 4.98 Å². The molecular formula is C18H22ClN3OS. The molecule has 1 aliphatic rings. The monoisotopic (exact) mass is 363 g/mol. The molecule has 1 unspecified atom stereocenters. The molecule has 1 aromatic carbocycles. The summed E-state index contributed by atoms with van der Waals surface area (Å²) in [4.78, 5) is 19.1. The minimum Gasteiger partial charge on any atom is -0.370 e. The summed E-state index contributed by atoms with van der Waals surface area (Å²) in [5.41, 5.74) is 2.65. The third-order valence-electron chi connectivity index (χ3n) is 4.24. The number of hydrogen-bond donors (Lipinski definition) is 1. The van der Waals surface area contributed by atoms with Gasteiger partial charge in [-0.1, -0.05) is 18.5 Å². The fraction of sp³-hybridized carbons (Fsp3) is 0.444. The Kier molecular flexibility index (Phi) is 5.41. The molecule has 1 saturated heterocycles. The van der Waals surface area contributed by atoms with Crippen LogP contribution in [0.3, 0.4) is 0 Å². The molecule has 1 atom stereocenters. The van der Waals surface area contributed by atoms with Crippen molar-refractivity contribution in [1.29, 1.82) is 0 Å². The molecule has 4 nitrogen and oxygen atoms in total. The van der Waals surface area contributed by atoms with Gasteiger partial charge < -0.3 is 10.2 Å². The van der Waals surface area contributed by atoms with Gasteiger partial charge in [0.05, 0.1) is 28.5 Å². The summed E-state index contributed by atoms with van der Waals surface area (Å²) in [5, 5.41) is 6.56. The average molecular weight is 364 g/mol. The van der Waals surface area contributed by atoms with Crippen LogP contribution in [0, 0.1) is 12.8 Å². The summed E-state index contributed by atoms with van der Waals surface area (Å²) < 4.78 is 0. The van der Waals surface area contributed by atoms with Crippen molar-refractivity contribution in [3.63, 3.8) is 0 Å². The van der Waals surface area contributed by atoms with Crippen molar-refractivity contribution in [3.8, 4) is 0 Å². The van der Waals surface area contributed by atoms with Crippen molar-refractivity contribution in [2.45, 2.75) is 33.1 Å². The largest absolute Gasteiger partial charge is 0.370 e. The van der Waals surface area contributed by atoms with Crippen LogP contribution in [0.25, 0.3) is 0 Å². The zero-order valence-corrected chi connectivity index (χ0v) is 15.6. The number of aryl methyl sites for hydroxylation is 1. The van der Waals surface area contributed by atoms with Crippen molar-refractivity contribution < 1.29 is 4.79 Å². The number of anilines is 2. The smallest absolute Gasteiger partial charge is 0.230 e. The van der Waals surface area contributed by atoms with Crippen molar-refractivity contribution in [3.05, 3.63) is 39.3 Å². The lowest BCUT2D eigenvalue weighted by atomic mass is 9.99. The highest BCUT2D eigenvalue weighted by molar-refractivity contribution is 7.09. The van der Waals surface area contributed by atoms with E-state index in [9.17, 15) is 4.79 Å². The lowest BCUT2D eigenvalue weighted by Crippen LogP contribution is -2.35. The van der Waals surface area contributed by atoms with E-state index >= 15 is 0 Å². The number of halogens is 1. The Morgan fingerprint density at radius 1 is 1.50 bits per heavy atom. The molecule has 1 N–H and O–H groups in total. The second-order valence-corrected chi connectivity index (χ2v) is 7.94. The topological polar surface area (TPSA) is 45.2 Å². The molecule has 0 aliphatic carbocycles. The van der Waals surface area contributed by atoms with E-state index in [4.69, 9.17) is 11.6 Å².